The molecule has 0 amide bonds. The third-order valence-electron chi connectivity index (χ3n) is 3.15. The molecule has 1 aliphatic carbocycles. The second kappa shape index (κ2) is 3.73. The molecular formula is C11H10F3NO2. The minimum absolute atomic E-state index is 0.288. The second-order valence-corrected chi connectivity index (χ2v) is 4.22. The van der Waals surface area contributed by atoms with E-state index in [0.717, 1.165) is 6.42 Å². The van der Waals surface area contributed by atoms with E-state index >= 15 is 0 Å². The molecule has 0 atom stereocenters. The van der Waals surface area contributed by atoms with Gasteiger partial charge in [-0.25, -0.2) is 18.0 Å². The fourth-order valence-corrected chi connectivity index (χ4v) is 1.98. The summed E-state index contributed by atoms with van der Waals surface area (Å²) >= 11 is 0. The molecule has 0 radical (unpaired) electrons. The van der Waals surface area contributed by atoms with Crippen LogP contribution in [0.15, 0.2) is 6.07 Å². The number of carboxylic acids is 1. The van der Waals surface area contributed by atoms with Gasteiger partial charge in [-0.05, 0) is 25.3 Å². The van der Waals surface area contributed by atoms with Crippen LogP contribution in [-0.2, 0) is 5.54 Å². The topological polar surface area (TPSA) is 63.3 Å². The molecule has 0 aliphatic heterocycles. The zero-order chi connectivity index (χ0) is 12.8. The molecule has 0 bridgehead atoms. The van der Waals surface area contributed by atoms with Gasteiger partial charge in [0.2, 0.25) is 0 Å². The zero-order valence-electron chi connectivity index (χ0n) is 8.77. The van der Waals surface area contributed by atoms with Crippen molar-refractivity contribution in [2.24, 2.45) is 5.73 Å². The third-order valence-corrected chi connectivity index (χ3v) is 3.15. The van der Waals surface area contributed by atoms with Crippen molar-refractivity contribution in [3.05, 3.63) is 34.6 Å². The van der Waals surface area contributed by atoms with Crippen LogP contribution in [0.3, 0.4) is 0 Å². The average molecular weight is 245 g/mol. The summed E-state index contributed by atoms with van der Waals surface area (Å²) in [5.74, 6) is -6.21. The average Bonchev–Trinajstić information content (AvgIpc) is 2.19. The molecule has 1 aliphatic rings. The van der Waals surface area contributed by atoms with Crippen molar-refractivity contribution < 1.29 is 23.1 Å². The smallest absolute Gasteiger partial charge is 0.341 e. The summed E-state index contributed by atoms with van der Waals surface area (Å²) in [4.78, 5) is 10.6. The minimum Gasteiger partial charge on any atom is -0.477 e. The van der Waals surface area contributed by atoms with Crippen LogP contribution >= 0.6 is 0 Å². The van der Waals surface area contributed by atoms with Crippen LogP contribution in [-0.4, -0.2) is 11.1 Å². The Hall–Kier alpha value is -1.56. The predicted octanol–water partition coefficient (Wildman–Crippen LogP) is 2.14. The Kier molecular flexibility index (Phi) is 2.61. The van der Waals surface area contributed by atoms with Gasteiger partial charge in [0.1, 0.15) is 11.4 Å². The summed E-state index contributed by atoms with van der Waals surface area (Å²) in [5.41, 5.74) is 3.12. The Morgan fingerprint density at radius 2 is 1.88 bits per heavy atom. The number of hydrogen-bond acceptors (Lipinski definition) is 2. The zero-order valence-corrected chi connectivity index (χ0v) is 8.77. The van der Waals surface area contributed by atoms with Gasteiger partial charge in [-0.15, -0.1) is 0 Å². The molecule has 6 heteroatoms. The summed E-state index contributed by atoms with van der Waals surface area (Å²) in [5, 5.41) is 8.56. The molecule has 1 aromatic rings. The Morgan fingerprint density at radius 3 is 2.29 bits per heavy atom. The van der Waals surface area contributed by atoms with Crippen molar-refractivity contribution in [1.82, 2.24) is 0 Å². The normalized spacial score (nSPS) is 17.6. The van der Waals surface area contributed by atoms with E-state index in [2.05, 4.69) is 0 Å². The maximum atomic E-state index is 13.6. The highest BCUT2D eigenvalue weighted by Crippen LogP contribution is 2.41. The third kappa shape index (κ3) is 1.68. The minimum atomic E-state index is -1.84. The van der Waals surface area contributed by atoms with Crippen LogP contribution in [0.2, 0.25) is 0 Å². The van der Waals surface area contributed by atoms with Gasteiger partial charge < -0.3 is 10.8 Å². The van der Waals surface area contributed by atoms with Crippen LogP contribution in [0.25, 0.3) is 0 Å². The van der Waals surface area contributed by atoms with E-state index in [1.165, 1.54) is 0 Å². The second-order valence-electron chi connectivity index (χ2n) is 4.22. The van der Waals surface area contributed by atoms with Crippen LogP contribution < -0.4 is 5.73 Å². The van der Waals surface area contributed by atoms with Gasteiger partial charge in [0.15, 0.2) is 11.6 Å². The quantitative estimate of drug-likeness (QED) is 0.784. The lowest BCUT2D eigenvalue weighted by molar-refractivity contribution is 0.0684. The first-order valence-electron chi connectivity index (χ1n) is 5.07. The van der Waals surface area contributed by atoms with E-state index < -0.39 is 34.5 Å². The predicted molar refractivity (Wildman–Crippen MR) is 53.0 cm³/mol. The molecule has 92 valence electrons. The summed E-state index contributed by atoms with van der Waals surface area (Å²) in [7, 11) is 0. The van der Waals surface area contributed by atoms with Crippen molar-refractivity contribution in [3.8, 4) is 0 Å². The molecule has 0 saturated heterocycles. The van der Waals surface area contributed by atoms with Gasteiger partial charge in [-0.3, -0.25) is 0 Å². The number of hydrogen-bond donors (Lipinski definition) is 2. The van der Waals surface area contributed by atoms with Crippen LogP contribution in [0.5, 0.6) is 0 Å². The largest absolute Gasteiger partial charge is 0.477 e. The molecule has 2 rings (SSSR count). The Morgan fingerprint density at radius 1 is 1.29 bits per heavy atom. The van der Waals surface area contributed by atoms with Gasteiger partial charge in [0, 0.05) is 11.1 Å². The van der Waals surface area contributed by atoms with Crippen molar-refractivity contribution in [2.75, 3.05) is 0 Å². The molecule has 0 aromatic heterocycles. The molecule has 0 heterocycles. The molecule has 3 nitrogen and oxygen atoms in total. The first kappa shape index (κ1) is 11.9. The number of carboxylic acid groups (broad SMARTS) is 1. The highest BCUT2D eigenvalue weighted by Gasteiger charge is 2.39. The van der Waals surface area contributed by atoms with E-state index in [-0.39, 0.29) is 5.56 Å². The highest BCUT2D eigenvalue weighted by atomic mass is 19.2. The number of aromatic carboxylic acids is 1. The number of carbonyl (C=O) groups is 1. The molecule has 0 spiro atoms. The van der Waals surface area contributed by atoms with E-state index in [4.69, 9.17) is 10.8 Å². The van der Waals surface area contributed by atoms with Crippen molar-refractivity contribution >= 4 is 5.97 Å². The molecule has 1 aromatic carbocycles. The monoisotopic (exact) mass is 245 g/mol. The maximum absolute atomic E-state index is 13.6. The molecule has 1 saturated carbocycles. The van der Waals surface area contributed by atoms with Gasteiger partial charge >= 0.3 is 5.97 Å². The lowest BCUT2D eigenvalue weighted by Gasteiger charge is -2.38. The first-order chi connectivity index (χ1) is 7.87. The van der Waals surface area contributed by atoms with Crippen molar-refractivity contribution in [3.63, 3.8) is 0 Å². The number of rotatable bonds is 2. The van der Waals surface area contributed by atoms with Crippen LogP contribution in [0.4, 0.5) is 13.2 Å². The van der Waals surface area contributed by atoms with E-state index in [1.807, 2.05) is 0 Å². The van der Waals surface area contributed by atoms with Gasteiger partial charge in [-0.1, -0.05) is 0 Å². The number of nitrogens with two attached hydrogens (primary N) is 1. The Labute approximate surface area is 95.0 Å². The molecule has 3 N–H and O–H groups in total. The van der Waals surface area contributed by atoms with E-state index in [1.54, 1.807) is 0 Å². The molecular weight excluding hydrogens is 235 g/mol. The highest BCUT2D eigenvalue weighted by molar-refractivity contribution is 5.88. The van der Waals surface area contributed by atoms with Crippen LogP contribution in [0.1, 0.15) is 35.2 Å². The molecule has 1 fully saturated rings. The summed E-state index contributed by atoms with van der Waals surface area (Å²) in [6.45, 7) is 0. The molecule has 17 heavy (non-hydrogen) atoms. The number of halogens is 3. The van der Waals surface area contributed by atoms with Gasteiger partial charge in [-0.2, -0.15) is 0 Å². The summed E-state index contributed by atoms with van der Waals surface area (Å²) < 4.78 is 40.4. The first-order valence-corrected chi connectivity index (χ1v) is 5.07. The standard InChI is InChI=1S/C11H10F3NO2/c12-6-4-5(11(15)2-1-3-11)8(13)9(14)7(6)10(16)17/h4H,1-3,15H2,(H,16,17). The Bertz CT molecular complexity index is 498. The van der Waals surface area contributed by atoms with Gasteiger partial charge in [0.25, 0.3) is 0 Å². The maximum Gasteiger partial charge on any atom is 0.341 e. The van der Waals surface area contributed by atoms with E-state index in [9.17, 15) is 18.0 Å². The van der Waals surface area contributed by atoms with Gasteiger partial charge in [0.05, 0.1) is 0 Å². The fourth-order valence-electron chi connectivity index (χ4n) is 1.98. The van der Waals surface area contributed by atoms with Crippen molar-refractivity contribution in [2.45, 2.75) is 24.8 Å². The van der Waals surface area contributed by atoms with Crippen LogP contribution in [0, 0.1) is 17.5 Å². The fraction of sp³-hybridized carbons (Fsp3) is 0.364. The number of benzene rings is 1. The Balaban J connectivity index is 2.61. The van der Waals surface area contributed by atoms with Crippen molar-refractivity contribution in [1.29, 1.82) is 0 Å². The SMILES string of the molecule is NC1(c2cc(F)c(C(=O)O)c(F)c2F)CCC1. The van der Waals surface area contributed by atoms with E-state index in [0.29, 0.717) is 18.9 Å². The lowest BCUT2D eigenvalue weighted by atomic mass is 9.72. The summed E-state index contributed by atoms with van der Waals surface area (Å²) in [6, 6.07) is 0.682. The summed E-state index contributed by atoms with van der Waals surface area (Å²) in [6.07, 6.45) is 1.60. The lowest BCUT2D eigenvalue weighted by Crippen LogP contribution is -2.44. The molecule has 0 unspecified atom stereocenters.